The molecule has 7 heteroatoms. The first-order valence-electron chi connectivity index (χ1n) is 6.98. The van der Waals surface area contributed by atoms with E-state index in [-0.39, 0.29) is 13.0 Å². The van der Waals surface area contributed by atoms with Gasteiger partial charge in [-0.05, 0) is 39.8 Å². The van der Waals surface area contributed by atoms with Crippen LogP contribution in [0.3, 0.4) is 0 Å². The lowest BCUT2D eigenvalue weighted by atomic mass is 10.1. The highest BCUT2D eigenvalue weighted by Crippen LogP contribution is 2.20. The molecule has 1 amide bonds. The molecule has 0 fully saturated rings. The quantitative estimate of drug-likeness (QED) is 0.801. The van der Waals surface area contributed by atoms with E-state index in [1.165, 1.54) is 0 Å². The molecule has 1 rings (SSSR count). The van der Waals surface area contributed by atoms with Gasteiger partial charge in [-0.15, -0.1) is 0 Å². The van der Waals surface area contributed by atoms with E-state index in [0.29, 0.717) is 5.69 Å². The Morgan fingerprint density at radius 2 is 2.09 bits per heavy atom. The van der Waals surface area contributed by atoms with Crippen molar-refractivity contribution in [3.8, 4) is 0 Å². The van der Waals surface area contributed by atoms with Crippen molar-refractivity contribution in [2.75, 3.05) is 6.61 Å². The molecule has 0 saturated carbocycles. The molecule has 1 heterocycles. The van der Waals surface area contributed by atoms with Crippen LogP contribution in [0.15, 0.2) is 22.8 Å². The van der Waals surface area contributed by atoms with E-state index < -0.39 is 23.7 Å². The largest absolute Gasteiger partial charge is 0.466 e. The van der Waals surface area contributed by atoms with Crippen LogP contribution in [0.5, 0.6) is 0 Å². The summed E-state index contributed by atoms with van der Waals surface area (Å²) in [5.41, 5.74) is -0.0724. The highest BCUT2D eigenvalue weighted by molar-refractivity contribution is 9.10. The smallest absolute Gasteiger partial charge is 0.408 e. The number of pyridine rings is 1. The van der Waals surface area contributed by atoms with Gasteiger partial charge in [0, 0.05) is 10.7 Å². The van der Waals surface area contributed by atoms with Crippen molar-refractivity contribution in [1.82, 2.24) is 10.3 Å². The number of aromatic nitrogens is 1. The third-order valence-corrected chi connectivity index (χ3v) is 2.96. The Labute approximate surface area is 138 Å². The van der Waals surface area contributed by atoms with Crippen molar-refractivity contribution in [3.63, 3.8) is 0 Å². The summed E-state index contributed by atoms with van der Waals surface area (Å²) in [6, 6.07) is 2.88. The lowest BCUT2D eigenvalue weighted by Crippen LogP contribution is -2.36. The fourth-order valence-corrected chi connectivity index (χ4v) is 2.03. The minimum atomic E-state index is -0.622. The fraction of sp³-hybridized carbons (Fsp3) is 0.533. The van der Waals surface area contributed by atoms with E-state index in [1.54, 1.807) is 46.0 Å². The van der Waals surface area contributed by atoms with Crippen LogP contribution in [0.4, 0.5) is 4.79 Å². The normalized spacial score (nSPS) is 12.4. The summed E-state index contributed by atoms with van der Waals surface area (Å²) in [7, 11) is 0. The molecule has 0 radical (unpaired) electrons. The lowest BCUT2D eigenvalue weighted by Gasteiger charge is -2.23. The van der Waals surface area contributed by atoms with Gasteiger partial charge in [0.2, 0.25) is 0 Å². The zero-order valence-electron chi connectivity index (χ0n) is 13.2. The number of rotatable bonds is 5. The average molecular weight is 373 g/mol. The van der Waals surface area contributed by atoms with E-state index in [1.807, 2.05) is 0 Å². The number of ether oxygens (including phenoxy) is 2. The van der Waals surface area contributed by atoms with Crippen molar-refractivity contribution in [2.45, 2.75) is 45.8 Å². The summed E-state index contributed by atoms with van der Waals surface area (Å²) in [6.45, 7) is 7.31. The number of nitrogens with zero attached hydrogens (tertiary/aromatic N) is 1. The molecule has 1 aromatic heterocycles. The molecule has 0 spiro atoms. The molecule has 0 aliphatic rings. The molecule has 6 nitrogen and oxygen atoms in total. The van der Waals surface area contributed by atoms with Gasteiger partial charge in [-0.1, -0.05) is 15.9 Å². The first kappa shape index (κ1) is 18.4. The van der Waals surface area contributed by atoms with Gasteiger partial charge in [0.25, 0.3) is 0 Å². The van der Waals surface area contributed by atoms with Crippen molar-refractivity contribution in [2.24, 2.45) is 0 Å². The maximum Gasteiger partial charge on any atom is 0.408 e. The Kier molecular flexibility index (Phi) is 6.80. The first-order valence-corrected chi connectivity index (χ1v) is 7.77. The van der Waals surface area contributed by atoms with Gasteiger partial charge < -0.3 is 14.8 Å². The number of hydrogen-bond acceptors (Lipinski definition) is 5. The predicted molar refractivity (Wildman–Crippen MR) is 85.3 cm³/mol. The zero-order chi connectivity index (χ0) is 16.8. The Hall–Kier alpha value is -1.63. The Balaban J connectivity index is 2.87. The van der Waals surface area contributed by atoms with E-state index >= 15 is 0 Å². The number of amides is 1. The van der Waals surface area contributed by atoms with Gasteiger partial charge in [0.15, 0.2) is 0 Å². The zero-order valence-corrected chi connectivity index (χ0v) is 14.8. The molecule has 0 saturated heterocycles. The third kappa shape index (κ3) is 6.89. The summed E-state index contributed by atoms with van der Waals surface area (Å²) in [5, 5.41) is 2.66. The average Bonchev–Trinajstić information content (AvgIpc) is 2.36. The molecule has 0 aliphatic carbocycles. The van der Waals surface area contributed by atoms with Gasteiger partial charge in [-0.3, -0.25) is 9.78 Å². The van der Waals surface area contributed by atoms with Crippen LogP contribution >= 0.6 is 15.9 Å². The third-order valence-electron chi connectivity index (χ3n) is 2.47. The van der Waals surface area contributed by atoms with Crippen LogP contribution in [0.1, 0.15) is 45.9 Å². The highest BCUT2D eigenvalue weighted by atomic mass is 79.9. The van der Waals surface area contributed by atoms with Crippen molar-refractivity contribution < 1.29 is 19.1 Å². The SMILES string of the molecule is CCOC(=O)CC(NC(=O)OC(C)(C)C)c1cc(Br)ccn1. The second-order valence-corrected chi connectivity index (χ2v) is 6.52. The number of carbonyl (C=O) groups is 2. The monoisotopic (exact) mass is 372 g/mol. The molecule has 0 aromatic carbocycles. The summed E-state index contributed by atoms with van der Waals surface area (Å²) in [4.78, 5) is 27.9. The van der Waals surface area contributed by atoms with Gasteiger partial charge in [0.05, 0.1) is 24.8 Å². The van der Waals surface area contributed by atoms with E-state index in [0.717, 1.165) is 4.47 Å². The number of carbonyl (C=O) groups excluding carboxylic acids is 2. The number of halogens is 1. The molecular weight excluding hydrogens is 352 g/mol. The van der Waals surface area contributed by atoms with Crippen molar-refractivity contribution in [3.05, 3.63) is 28.5 Å². The topological polar surface area (TPSA) is 77.5 Å². The Morgan fingerprint density at radius 3 is 2.64 bits per heavy atom. The number of alkyl carbamates (subject to hydrolysis) is 1. The van der Waals surface area contributed by atoms with Gasteiger partial charge >= 0.3 is 12.1 Å². The number of esters is 1. The van der Waals surface area contributed by atoms with Gasteiger partial charge in [0.1, 0.15) is 5.60 Å². The summed E-state index contributed by atoms with van der Waals surface area (Å²) >= 11 is 3.34. The Bertz CT molecular complexity index is 529. The predicted octanol–water partition coefficient (Wildman–Crippen LogP) is 3.36. The Morgan fingerprint density at radius 1 is 1.41 bits per heavy atom. The van der Waals surface area contributed by atoms with E-state index in [2.05, 4.69) is 26.2 Å². The molecule has 1 aromatic rings. The molecular formula is C15H21BrN2O4. The molecule has 1 unspecified atom stereocenters. The van der Waals surface area contributed by atoms with Crippen LogP contribution in [-0.4, -0.2) is 29.3 Å². The number of hydrogen-bond donors (Lipinski definition) is 1. The lowest BCUT2D eigenvalue weighted by molar-refractivity contribution is -0.143. The summed E-state index contributed by atoms with van der Waals surface area (Å²) < 4.78 is 11.0. The molecule has 1 atom stereocenters. The minimum absolute atomic E-state index is 0.0173. The van der Waals surface area contributed by atoms with E-state index in [9.17, 15) is 9.59 Å². The van der Waals surface area contributed by atoms with Crippen LogP contribution in [0.25, 0.3) is 0 Å². The molecule has 0 aliphatic heterocycles. The standard InChI is InChI=1S/C15H21BrN2O4/c1-5-21-13(19)9-12(11-8-10(16)6-7-17-11)18-14(20)22-15(2,3)4/h6-8,12H,5,9H2,1-4H3,(H,18,20). The van der Waals surface area contributed by atoms with Crippen LogP contribution < -0.4 is 5.32 Å². The van der Waals surface area contributed by atoms with Crippen LogP contribution in [0.2, 0.25) is 0 Å². The second-order valence-electron chi connectivity index (χ2n) is 5.61. The summed E-state index contributed by atoms with van der Waals surface area (Å²) in [5.74, 6) is -0.412. The summed E-state index contributed by atoms with van der Waals surface area (Å²) in [6.07, 6.45) is 0.966. The first-order chi connectivity index (χ1) is 10.2. The van der Waals surface area contributed by atoms with Gasteiger partial charge in [-0.25, -0.2) is 4.79 Å². The van der Waals surface area contributed by atoms with Gasteiger partial charge in [-0.2, -0.15) is 0 Å². The second kappa shape index (κ2) is 8.12. The van der Waals surface area contributed by atoms with Crippen molar-refractivity contribution >= 4 is 28.0 Å². The van der Waals surface area contributed by atoms with Crippen LogP contribution in [0, 0.1) is 0 Å². The number of nitrogens with one attached hydrogen (secondary N) is 1. The fourth-order valence-electron chi connectivity index (χ4n) is 1.68. The minimum Gasteiger partial charge on any atom is -0.466 e. The highest BCUT2D eigenvalue weighted by Gasteiger charge is 2.24. The molecule has 1 N–H and O–H groups in total. The molecule has 0 bridgehead atoms. The maximum absolute atomic E-state index is 11.9. The van der Waals surface area contributed by atoms with Crippen molar-refractivity contribution in [1.29, 1.82) is 0 Å². The van der Waals surface area contributed by atoms with Crippen LogP contribution in [-0.2, 0) is 14.3 Å². The molecule has 122 valence electrons. The van der Waals surface area contributed by atoms with E-state index in [4.69, 9.17) is 9.47 Å². The maximum atomic E-state index is 11.9. The molecule has 22 heavy (non-hydrogen) atoms.